The van der Waals surface area contributed by atoms with Crippen molar-refractivity contribution in [2.45, 2.75) is 13.5 Å². The first-order valence-electron chi connectivity index (χ1n) is 6.54. The summed E-state index contributed by atoms with van der Waals surface area (Å²) in [5.74, 6) is 0.647. The molecular weight excluding hydrogens is 286 g/mol. The highest BCUT2D eigenvalue weighted by atomic mass is 35.5. The molecule has 21 heavy (non-hydrogen) atoms. The van der Waals surface area contributed by atoms with Gasteiger partial charge in [0.2, 0.25) is 0 Å². The molecule has 3 rings (SSSR count). The number of aromatic nitrogens is 4. The number of anilines is 1. The van der Waals surface area contributed by atoms with Crippen LogP contribution in [0, 0.1) is 6.92 Å². The third-order valence-corrected chi connectivity index (χ3v) is 3.21. The van der Waals surface area contributed by atoms with E-state index in [2.05, 4.69) is 26.4 Å². The van der Waals surface area contributed by atoms with Gasteiger partial charge in [-0.3, -0.25) is 4.98 Å². The molecule has 0 atom stereocenters. The van der Waals surface area contributed by atoms with Crippen molar-refractivity contribution >= 4 is 17.4 Å². The summed E-state index contributed by atoms with van der Waals surface area (Å²) in [4.78, 5) is 8.17. The third-order valence-electron chi connectivity index (χ3n) is 3.03. The number of nitrogens with zero attached hydrogens (tertiary/aromatic N) is 4. The minimum absolute atomic E-state index is 0.371. The summed E-state index contributed by atoms with van der Waals surface area (Å²) in [6, 6.07) is 10.1. The normalized spacial score (nSPS) is 10.6. The van der Waals surface area contributed by atoms with E-state index in [4.69, 9.17) is 11.6 Å². The second kappa shape index (κ2) is 5.93. The summed E-state index contributed by atoms with van der Waals surface area (Å²) in [5.41, 5.74) is 3.13. The summed E-state index contributed by atoms with van der Waals surface area (Å²) in [6.07, 6.45) is 5.10. The Labute approximate surface area is 127 Å². The minimum atomic E-state index is 0.371. The van der Waals surface area contributed by atoms with Gasteiger partial charge in [-0.25, -0.2) is 9.67 Å². The van der Waals surface area contributed by atoms with Gasteiger partial charge in [0.15, 0.2) is 0 Å². The number of para-hydroxylation sites is 1. The Kier molecular flexibility index (Phi) is 3.83. The lowest BCUT2D eigenvalue weighted by atomic mass is 10.2. The largest absolute Gasteiger partial charge is 0.365 e. The SMILES string of the molecule is Cc1ccn(-c2ccccc2CNc2cncc(Cl)n2)n1. The van der Waals surface area contributed by atoms with E-state index in [1.807, 2.05) is 42.1 Å². The molecular formula is C15H14ClN5. The number of hydrogen-bond acceptors (Lipinski definition) is 4. The van der Waals surface area contributed by atoms with Crippen molar-refractivity contribution in [2.75, 3.05) is 5.32 Å². The Morgan fingerprint density at radius 1 is 1.19 bits per heavy atom. The number of hydrogen-bond donors (Lipinski definition) is 1. The van der Waals surface area contributed by atoms with Crippen molar-refractivity contribution in [1.29, 1.82) is 0 Å². The quantitative estimate of drug-likeness (QED) is 0.803. The number of halogens is 1. The topological polar surface area (TPSA) is 55.6 Å². The van der Waals surface area contributed by atoms with Crippen LogP contribution in [0.5, 0.6) is 0 Å². The van der Waals surface area contributed by atoms with Gasteiger partial charge in [0.25, 0.3) is 0 Å². The Balaban J connectivity index is 1.83. The molecule has 1 aromatic carbocycles. The van der Waals surface area contributed by atoms with Crippen molar-refractivity contribution in [3.05, 3.63) is 65.3 Å². The van der Waals surface area contributed by atoms with Crippen LogP contribution in [-0.2, 0) is 6.54 Å². The van der Waals surface area contributed by atoms with Crippen LogP contribution in [-0.4, -0.2) is 19.7 Å². The van der Waals surface area contributed by atoms with E-state index >= 15 is 0 Å². The van der Waals surface area contributed by atoms with Gasteiger partial charge in [0.1, 0.15) is 11.0 Å². The van der Waals surface area contributed by atoms with E-state index in [9.17, 15) is 0 Å². The maximum Gasteiger partial charge on any atom is 0.149 e. The predicted molar refractivity (Wildman–Crippen MR) is 82.7 cm³/mol. The molecule has 2 aromatic heterocycles. The maximum absolute atomic E-state index is 5.83. The van der Waals surface area contributed by atoms with Gasteiger partial charge in [-0.2, -0.15) is 5.10 Å². The first-order chi connectivity index (χ1) is 10.2. The zero-order valence-electron chi connectivity index (χ0n) is 11.5. The van der Waals surface area contributed by atoms with Crippen LogP contribution in [0.1, 0.15) is 11.3 Å². The van der Waals surface area contributed by atoms with Gasteiger partial charge in [-0.1, -0.05) is 29.8 Å². The molecule has 0 unspecified atom stereocenters. The highest BCUT2D eigenvalue weighted by molar-refractivity contribution is 6.29. The molecule has 2 heterocycles. The maximum atomic E-state index is 5.83. The number of aryl methyl sites for hydroxylation is 1. The van der Waals surface area contributed by atoms with Crippen LogP contribution >= 0.6 is 11.6 Å². The van der Waals surface area contributed by atoms with Gasteiger partial charge in [0.05, 0.1) is 23.8 Å². The van der Waals surface area contributed by atoms with Crippen LogP contribution in [0.4, 0.5) is 5.82 Å². The molecule has 0 fully saturated rings. The van der Waals surface area contributed by atoms with Crippen molar-refractivity contribution in [3.63, 3.8) is 0 Å². The molecule has 0 spiro atoms. The Hall–Kier alpha value is -2.40. The predicted octanol–water partition coefficient (Wildman–Crippen LogP) is 3.24. The van der Waals surface area contributed by atoms with Crippen LogP contribution in [0.2, 0.25) is 5.15 Å². The number of nitrogens with one attached hydrogen (secondary N) is 1. The third kappa shape index (κ3) is 3.20. The summed E-state index contributed by atoms with van der Waals surface area (Å²) < 4.78 is 1.87. The Morgan fingerprint density at radius 2 is 2.05 bits per heavy atom. The first kappa shape index (κ1) is 13.6. The van der Waals surface area contributed by atoms with Gasteiger partial charge in [-0.15, -0.1) is 0 Å². The van der Waals surface area contributed by atoms with Crippen molar-refractivity contribution in [3.8, 4) is 5.69 Å². The van der Waals surface area contributed by atoms with E-state index in [-0.39, 0.29) is 0 Å². The van der Waals surface area contributed by atoms with Crippen LogP contribution in [0.15, 0.2) is 48.9 Å². The standard InChI is InChI=1S/C15H14ClN5/c1-11-6-7-21(20-11)13-5-3-2-4-12(13)8-18-15-10-17-9-14(16)19-15/h2-7,9-10H,8H2,1H3,(H,18,19). The van der Waals surface area contributed by atoms with E-state index in [0.717, 1.165) is 16.9 Å². The van der Waals surface area contributed by atoms with Gasteiger partial charge >= 0.3 is 0 Å². The molecule has 6 heteroatoms. The Bertz CT molecular complexity index is 753. The van der Waals surface area contributed by atoms with Crippen molar-refractivity contribution in [1.82, 2.24) is 19.7 Å². The smallest absolute Gasteiger partial charge is 0.149 e. The lowest BCUT2D eigenvalue weighted by Crippen LogP contribution is -2.06. The fourth-order valence-corrected chi connectivity index (χ4v) is 2.19. The zero-order chi connectivity index (χ0) is 14.7. The number of benzene rings is 1. The van der Waals surface area contributed by atoms with E-state index in [0.29, 0.717) is 17.5 Å². The molecule has 0 aliphatic heterocycles. The fraction of sp³-hybridized carbons (Fsp3) is 0.133. The lowest BCUT2D eigenvalue weighted by Gasteiger charge is -2.11. The minimum Gasteiger partial charge on any atom is -0.365 e. The molecule has 3 aromatic rings. The molecule has 1 N–H and O–H groups in total. The summed E-state index contributed by atoms with van der Waals surface area (Å²) in [5, 5.41) is 8.04. The summed E-state index contributed by atoms with van der Waals surface area (Å²) in [7, 11) is 0. The van der Waals surface area contributed by atoms with Crippen LogP contribution < -0.4 is 5.32 Å². The molecule has 5 nitrogen and oxygen atoms in total. The number of rotatable bonds is 4. The van der Waals surface area contributed by atoms with E-state index in [1.165, 1.54) is 6.20 Å². The van der Waals surface area contributed by atoms with Gasteiger partial charge in [-0.05, 0) is 24.6 Å². The Morgan fingerprint density at radius 3 is 2.81 bits per heavy atom. The monoisotopic (exact) mass is 299 g/mol. The fourth-order valence-electron chi connectivity index (χ4n) is 2.05. The summed E-state index contributed by atoms with van der Waals surface area (Å²) in [6.45, 7) is 2.59. The van der Waals surface area contributed by atoms with Crippen molar-refractivity contribution < 1.29 is 0 Å². The average molecular weight is 300 g/mol. The van der Waals surface area contributed by atoms with Gasteiger partial charge < -0.3 is 5.32 Å². The van der Waals surface area contributed by atoms with Crippen LogP contribution in [0.25, 0.3) is 5.69 Å². The van der Waals surface area contributed by atoms with E-state index < -0.39 is 0 Å². The molecule has 0 saturated heterocycles. The molecule has 0 bridgehead atoms. The summed E-state index contributed by atoms with van der Waals surface area (Å²) >= 11 is 5.83. The second-order valence-corrected chi connectivity index (χ2v) is 5.00. The van der Waals surface area contributed by atoms with Crippen LogP contribution in [0.3, 0.4) is 0 Å². The molecule has 0 saturated carbocycles. The second-order valence-electron chi connectivity index (χ2n) is 4.61. The van der Waals surface area contributed by atoms with E-state index in [1.54, 1.807) is 6.20 Å². The molecule has 0 amide bonds. The molecule has 0 aliphatic rings. The molecule has 0 aliphatic carbocycles. The lowest BCUT2D eigenvalue weighted by molar-refractivity contribution is 0.848. The van der Waals surface area contributed by atoms with Crippen molar-refractivity contribution in [2.24, 2.45) is 0 Å². The molecule has 0 radical (unpaired) electrons. The highest BCUT2D eigenvalue weighted by Crippen LogP contribution is 2.16. The zero-order valence-corrected chi connectivity index (χ0v) is 12.2. The highest BCUT2D eigenvalue weighted by Gasteiger charge is 2.05. The molecule has 106 valence electrons. The average Bonchev–Trinajstić information content (AvgIpc) is 2.92. The van der Waals surface area contributed by atoms with Gasteiger partial charge in [0, 0.05) is 12.7 Å². The first-order valence-corrected chi connectivity index (χ1v) is 6.92.